The zero-order chi connectivity index (χ0) is 24.7. The number of pyridine rings is 1. The first kappa shape index (κ1) is 25.2. The van der Waals surface area contributed by atoms with E-state index < -0.39 is 16.7 Å². The monoisotopic (exact) mass is 496 g/mol. The van der Waals surface area contributed by atoms with Gasteiger partial charge in [-0.3, -0.25) is 9.00 Å². The molecule has 0 saturated carbocycles. The highest BCUT2D eigenvalue weighted by atomic mass is 32.2. The van der Waals surface area contributed by atoms with Crippen LogP contribution in [0.3, 0.4) is 0 Å². The van der Waals surface area contributed by atoms with E-state index in [4.69, 9.17) is 5.11 Å². The van der Waals surface area contributed by atoms with E-state index in [0.717, 1.165) is 15.8 Å². The van der Waals surface area contributed by atoms with Gasteiger partial charge in [-0.2, -0.15) is 5.10 Å². The Hall–Kier alpha value is -3.47. The van der Waals surface area contributed by atoms with E-state index in [9.17, 15) is 14.1 Å². The third-order valence-electron chi connectivity index (χ3n) is 4.38. The summed E-state index contributed by atoms with van der Waals surface area (Å²) in [4.78, 5) is 20.8. The van der Waals surface area contributed by atoms with Crippen molar-refractivity contribution < 1.29 is 19.2 Å². The highest BCUT2D eigenvalue weighted by Gasteiger charge is 2.14. The van der Waals surface area contributed by atoms with Crippen molar-refractivity contribution in [1.82, 2.24) is 15.4 Å². The molecule has 0 unspecified atom stereocenters. The Morgan fingerprint density at radius 2 is 1.88 bits per heavy atom. The first-order valence-electron chi connectivity index (χ1n) is 10.1. The summed E-state index contributed by atoms with van der Waals surface area (Å²) in [5.41, 5.74) is 5.79. The normalized spacial score (nSPS) is 11.0. The molecule has 0 radical (unpaired) electrons. The van der Waals surface area contributed by atoms with Crippen molar-refractivity contribution in [1.29, 1.82) is 0 Å². The molecule has 4 aromatic rings. The third-order valence-corrected chi connectivity index (χ3v) is 5.45. The van der Waals surface area contributed by atoms with Gasteiger partial charge in [-0.15, -0.1) is 11.3 Å². The number of hydrazone groups is 1. The second-order valence-corrected chi connectivity index (χ2v) is 9.86. The number of aliphatic hydroxyl groups excluding tert-OH is 1. The number of aromatic nitrogens is 2. The molecule has 2 aromatic carbocycles. The second kappa shape index (κ2) is 11.6. The van der Waals surface area contributed by atoms with E-state index >= 15 is 0 Å². The molecule has 34 heavy (non-hydrogen) atoms. The third kappa shape index (κ3) is 6.53. The Bertz CT molecular complexity index is 1330. The zero-order valence-electron chi connectivity index (χ0n) is 18.8. The highest BCUT2D eigenvalue weighted by molar-refractivity contribution is 7.83. The summed E-state index contributed by atoms with van der Waals surface area (Å²) in [6, 6.07) is 16.2. The summed E-state index contributed by atoms with van der Waals surface area (Å²) >= 11 is 1.50. The molecule has 0 fully saturated rings. The lowest BCUT2D eigenvalue weighted by molar-refractivity contribution is 0.0949. The minimum absolute atomic E-state index is 0.0399. The quantitative estimate of drug-likeness (QED) is 0.286. The van der Waals surface area contributed by atoms with Gasteiger partial charge in [0.05, 0.1) is 34.3 Å². The molecule has 0 spiro atoms. The number of aromatic hydroxyl groups is 1. The number of phenolic OH excluding ortho intramolecular Hbond substituents is 1. The number of amides is 1. The zero-order valence-corrected chi connectivity index (χ0v) is 20.5. The first-order valence-corrected chi connectivity index (χ1v) is 12.9. The van der Waals surface area contributed by atoms with Crippen molar-refractivity contribution in [3.8, 4) is 16.3 Å². The van der Waals surface area contributed by atoms with Gasteiger partial charge in [-0.1, -0.05) is 18.2 Å². The Morgan fingerprint density at radius 1 is 1.15 bits per heavy atom. The van der Waals surface area contributed by atoms with E-state index in [1.807, 2.05) is 37.3 Å². The van der Waals surface area contributed by atoms with Gasteiger partial charge in [0.1, 0.15) is 16.5 Å². The molecule has 0 aliphatic rings. The maximum atomic E-state index is 12.2. The van der Waals surface area contributed by atoms with Crippen LogP contribution in [0.25, 0.3) is 20.8 Å². The Labute approximate surface area is 203 Å². The average Bonchev–Trinajstić information content (AvgIpc) is 3.24. The summed E-state index contributed by atoms with van der Waals surface area (Å²) in [5, 5.41) is 24.6. The van der Waals surface area contributed by atoms with E-state index in [-0.39, 0.29) is 18.1 Å². The number of phenols is 1. The van der Waals surface area contributed by atoms with Gasteiger partial charge in [-0.25, -0.2) is 15.4 Å². The molecule has 3 N–H and O–H groups in total. The second-order valence-electron chi connectivity index (χ2n) is 7.35. The van der Waals surface area contributed by atoms with E-state index in [1.54, 1.807) is 30.7 Å². The summed E-state index contributed by atoms with van der Waals surface area (Å²) < 4.78 is 10.6. The molecule has 10 heteroatoms. The van der Waals surface area contributed by atoms with Crippen LogP contribution in [0.2, 0.25) is 0 Å². The molecule has 176 valence electrons. The van der Waals surface area contributed by atoms with Crippen LogP contribution in [0.15, 0.2) is 59.7 Å². The van der Waals surface area contributed by atoms with Crippen molar-refractivity contribution in [2.24, 2.45) is 5.10 Å². The van der Waals surface area contributed by atoms with Crippen LogP contribution in [0.4, 0.5) is 0 Å². The van der Waals surface area contributed by atoms with E-state index in [2.05, 4.69) is 20.5 Å². The Balaban J connectivity index is 0.000000751. The summed E-state index contributed by atoms with van der Waals surface area (Å²) in [6.45, 7) is 1.66. The minimum atomic E-state index is -0.611. The number of carbonyl (C=O) groups excluding carboxylic acids is 1. The number of hydrogen-bond donors (Lipinski definition) is 3. The summed E-state index contributed by atoms with van der Waals surface area (Å²) in [6.07, 6.45) is 4.66. The van der Waals surface area contributed by atoms with Crippen LogP contribution in [-0.2, 0) is 17.4 Å². The van der Waals surface area contributed by atoms with Gasteiger partial charge >= 0.3 is 0 Å². The molecule has 0 atom stereocenters. The largest absolute Gasteiger partial charge is 0.507 e. The number of para-hydroxylation sites is 1. The summed E-state index contributed by atoms with van der Waals surface area (Å²) in [7, 11) is -0.611. The minimum Gasteiger partial charge on any atom is -0.507 e. The molecule has 2 heterocycles. The Morgan fingerprint density at radius 3 is 2.59 bits per heavy atom. The van der Waals surface area contributed by atoms with Gasteiger partial charge < -0.3 is 10.2 Å². The average molecular weight is 497 g/mol. The van der Waals surface area contributed by atoms with E-state index in [0.29, 0.717) is 21.8 Å². The smallest absolute Gasteiger partial charge is 0.289 e. The molecule has 2 aromatic heterocycles. The number of nitrogens with zero attached hydrogens (tertiary/aromatic N) is 3. The lowest BCUT2D eigenvalue weighted by atomic mass is 10.1. The number of aryl methyl sites for hydroxylation is 1. The predicted molar refractivity (Wildman–Crippen MR) is 137 cm³/mol. The van der Waals surface area contributed by atoms with Crippen molar-refractivity contribution in [2.45, 2.75) is 13.5 Å². The number of nitrogens with one attached hydrogen (secondary N) is 1. The summed E-state index contributed by atoms with van der Waals surface area (Å²) in [5.74, 6) is -0.474. The first-order chi connectivity index (χ1) is 16.3. The topological polar surface area (TPSA) is 125 Å². The van der Waals surface area contributed by atoms with E-state index in [1.165, 1.54) is 23.6 Å². The van der Waals surface area contributed by atoms with Crippen LogP contribution < -0.4 is 5.43 Å². The number of aliphatic hydroxyl groups is 1. The highest BCUT2D eigenvalue weighted by Crippen LogP contribution is 2.37. The standard InChI is InChI=1S/C22H18N4O3S.C2H6OS/c1-13-9-14(11-23-26-21(29)18-7-4-5-15(12-27)24-18)20(28)16(10-13)22-25-17-6-2-3-8-19(17)30-22;1-4(2)3/h2-11,27-28H,12H2,1H3,(H,26,29);1-2H3/b23-11+;. The lowest BCUT2D eigenvalue weighted by Crippen LogP contribution is -2.19. The van der Waals surface area contributed by atoms with Gasteiger partial charge in [0.15, 0.2) is 0 Å². The number of carbonyl (C=O) groups is 1. The van der Waals surface area contributed by atoms with Crippen LogP contribution in [0, 0.1) is 6.92 Å². The molecular formula is C24H24N4O4S2. The molecule has 0 aliphatic carbocycles. The van der Waals surface area contributed by atoms with Crippen molar-refractivity contribution in [3.05, 3.63) is 77.1 Å². The predicted octanol–water partition coefficient (Wildman–Crippen LogP) is 3.62. The maximum absolute atomic E-state index is 12.2. The van der Waals surface area contributed by atoms with Gasteiger partial charge in [0, 0.05) is 28.9 Å². The molecule has 8 nitrogen and oxygen atoms in total. The number of benzene rings is 2. The number of rotatable bonds is 5. The number of hydrogen-bond acceptors (Lipinski definition) is 8. The van der Waals surface area contributed by atoms with Crippen LogP contribution in [0.5, 0.6) is 5.75 Å². The number of thiazole rings is 1. The molecule has 4 rings (SSSR count). The van der Waals surface area contributed by atoms with Crippen LogP contribution in [0.1, 0.15) is 27.3 Å². The van der Waals surface area contributed by atoms with Crippen molar-refractivity contribution in [2.75, 3.05) is 12.5 Å². The van der Waals surface area contributed by atoms with Crippen LogP contribution in [-0.4, -0.2) is 49.0 Å². The lowest BCUT2D eigenvalue weighted by Gasteiger charge is -2.07. The fourth-order valence-electron chi connectivity index (χ4n) is 2.97. The molecule has 0 bridgehead atoms. The van der Waals surface area contributed by atoms with Gasteiger partial charge in [0.25, 0.3) is 5.91 Å². The fourth-order valence-corrected chi connectivity index (χ4v) is 3.95. The molecule has 0 saturated heterocycles. The molecular weight excluding hydrogens is 472 g/mol. The molecule has 1 amide bonds. The fraction of sp³-hybridized carbons (Fsp3) is 0.167. The maximum Gasteiger partial charge on any atom is 0.289 e. The Kier molecular flexibility index (Phi) is 8.58. The van der Waals surface area contributed by atoms with Crippen LogP contribution >= 0.6 is 11.3 Å². The van der Waals surface area contributed by atoms with Crippen molar-refractivity contribution in [3.63, 3.8) is 0 Å². The molecule has 0 aliphatic heterocycles. The SMILES string of the molecule is CS(C)=O.Cc1cc(/C=N/NC(=O)c2cccc(CO)n2)c(O)c(-c2nc3ccccc3s2)c1. The van der Waals surface area contributed by atoms with Gasteiger partial charge in [-0.05, 0) is 48.9 Å². The number of fused-ring (bicyclic) bond motifs is 1. The van der Waals surface area contributed by atoms with Gasteiger partial charge in [0.2, 0.25) is 0 Å². The van der Waals surface area contributed by atoms with Crippen molar-refractivity contribution >= 4 is 44.5 Å².